The second kappa shape index (κ2) is 27.3. The quantitative estimate of drug-likeness (QED) is 0.0423. The maximum Gasteiger partial charge on any atom is 0.397 e. The molecule has 0 aromatic carbocycles. The molecule has 0 aromatic heterocycles. The second-order valence-corrected chi connectivity index (χ2v) is 20.5. The van der Waals surface area contributed by atoms with Gasteiger partial charge in [-0.3, -0.25) is 13.9 Å². The highest BCUT2D eigenvalue weighted by atomic mass is 32.3. The van der Waals surface area contributed by atoms with Crippen molar-refractivity contribution in [2.24, 2.45) is 0 Å². The minimum atomic E-state index is -5.48. The lowest BCUT2D eigenvalue weighted by Crippen LogP contribution is -2.71. The fraction of sp³-hybridized carbons (Fsp3) is 0.974. The first-order chi connectivity index (χ1) is 35.3. The summed E-state index contributed by atoms with van der Waals surface area (Å²) in [5, 5.41) is 174. The van der Waals surface area contributed by atoms with Crippen LogP contribution in [0.15, 0.2) is 0 Å². The molecule has 29 atom stereocenters. The van der Waals surface area contributed by atoms with Crippen molar-refractivity contribution in [1.82, 2.24) is 5.32 Å². The van der Waals surface area contributed by atoms with E-state index in [0.29, 0.717) is 0 Å². The third kappa shape index (κ3) is 15.8. The van der Waals surface area contributed by atoms with Gasteiger partial charge in [-0.15, -0.1) is 0 Å². The van der Waals surface area contributed by atoms with E-state index in [1.165, 1.54) is 13.8 Å². The summed E-state index contributed by atoms with van der Waals surface area (Å²) in [5.41, 5.74) is 0. The molecule has 0 aliphatic carbocycles. The smallest absolute Gasteiger partial charge is 0.394 e. The molecule has 0 aromatic rings. The minimum absolute atomic E-state index is 0.879. The predicted octanol–water partition coefficient (Wildman–Crippen LogP) is -12.6. The van der Waals surface area contributed by atoms with Crippen molar-refractivity contribution in [3.8, 4) is 0 Å². The van der Waals surface area contributed by atoms with Crippen LogP contribution in [0, 0.1) is 0 Å². The van der Waals surface area contributed by atoms with Crippen LogP contribution >= 0.6 is 0 Å². The van der Waals surface area contributed by atoms with Gasteiger partial charge in [-0.1, -0.05) is 0 Å². The van der Waals surface area contributed by atoms with Crippen LogP contribution in [0.25, 0.3) is 0 Å². The van der Waals surface area contributed by atoms with Crippen LogP contribution in [0.3, 0.4) is 0 Å². The molecule has 0 spiro atoms. The fourth-order valence-corrected chi connectivity index (χ4v) is 9.30. The Morgan fingerprint density at radius 3 is 1.43 bits per heavy atom. The molecule has 38 heteroatoms. The van der Waals surface area contributed by atoms with Crippen LogP contribution in [0.2, 0.25) is 0 Å². The highest BCUT2D eigenvalue weighted by Gasteiger charge is 2.58. The van der Waals surface area contributed by atoms with E-state index < -0.39 is 238 Å². The third-order valence-electron chi connectivity index (χ3n) is 12.8. The fourth-order valence-electron chi connectivity index (χ4n) is 8.68. The van der Waals surface area contributed by atoms with E-state index in [4.69, 9.17) is 47.4 Å². The van der Waals surface area contributed by atoms with Gasteiger partial charge in [0.05, 0.1) is 45.2 Å². The average Bonchev–Trinajstić information content (AvgIpc) is 3.35. The number of hydrogen-bond acceptors (Lipinski definition) is 33. The largest absolute Gasteiger partial charge is 0.397 e. The van der Waals surface area contributed by atoms with Crippen molar-refractivity contribution in [2.45, 2.75) is 199 Å². The minimum Gasteiger partial charge on any atom is -0.394 e. The maximum atomic E-state index is 13.1. The number of nitrogens with one attached hydrogen (secondary N) is 1. The number of rotatable bonds is 23. The van der Waals surface area contributed by atoms with Crippen molar-refractivity contribution in [3.63, 3.8) is 0 Å². The molecule has 36 nitrogen and oxygen atoms in total. The molecule has 5 rings (SSSR count). The molecular weight excluding hydrogens is 1090 g/mol. The Bertz CT molecular complexity index is 2050. The lowest BCUT2D eigenvalue weighted by atomic mass is 9.93. The van der Waals surface area contributed by atoms with Gasteiger partial charge in [0.15, 0.2) is 31.5 Å². The summed E-state index contributed by atoms with van der Waals surface area (Å²) < 4.78 is 132. The molecule has 0 bridgehead atoms. The summed E-state index contributed by atoms with van der Waals surface area (Å²) in [6.45, 7) is -3.21. The third-order valence-corrected chi connectivity index (χ3v) is 13.7. The van der Waals surface area contributed by atoms with Crippen molar-refractivity contribution in [3.05, 3.63) is 0 Å². The van der Waals surface area contributed by atoms with E-state index in [9.17, 15) is 112 Å². The van der Waals surface area contributed by atoms with E-state index in [2.05, 4.69) is 13.7 Å². The van der Waals surface area contributed by atoms with Crippen LogP contribution in [0.1, 0.15) is 20.8 Å². The SMILES string of the molecule is CC(=O)N[C@H]1[C@H](O[C@H]2[C@@H](O)[C@@H](CO)O[C@@H](O[C@@H]([C@H](O[C@@H]3O[C@@H](C)[C@@H](O)[C@@H](O)[C@@H]3O)[C@@H](O)CO)[C@H](O)COS(=O)(=O)O)[C@@H]2O)O[C@H](COS(=O)(=O)O)[C@@H](O[C@@H]2O[C@H](CO)[C@H](O)[C@H](O)[C@H]2O)[C@@H]1O[C@@H]1O[C@@H](C)[C@@H](O)[C@@H](O)[C@@H]1O. The van der Waals surface area contributed by atoms with Gasteiger partial charge in [-0.25, -0.2) is 8.37 Å². The van der Waals surface area contributed by atoms with Gasteiger partial charge in [0, 0.05) is 6.92 Å². The number of carbonyl (C=O) groups is 1. The topological polar surface area (TPSA) is 572 Å². The van der Waals surface area contributed by atoms with Gasteiger partial charge < -0.3 is 134 Å². The Hall–Kier alpha value is -1.83. The molecule has 5 aliphatic heterocycles. The first-order valence-corrected chi connectivity index (χ1v) is 25.8. The van der Waals surface area contributed by atoms with E-state index in [0.717, 1.165) is 6.92 Å². The van der Waals surface area contributed by atoms with Gasteiger partial charge in [0.1, 0.15) is 134 Å². The monoisotopic (exact) mass is 1160 g/mol. The van der Waals surface area contributed by atoms with Crippen LogP contribution in [0.5, 0.6) is 0 Å². The standard InChI is InChI=1S/C38H67NO35S2/c1-9-18(46)22(50)25(53)35(65-9)70-29(12(44)4-40)30(13(45)7-63-75(57,58)59)71-38-28(56)33(21(49)15(6-42)68-38)74-34-17(39-11(3)43)32(73-36-26(54)23(51)19(47)10(2)66-36)31(16(69-34)8-64-76(60,61)62)72-37-27(55)24(52)20(48)14(5-41)67-37/h9-10,12-38,40-42,44-56H,4-8H2,1-3H3,(H,39,43)(H,57,58,59)(H,60,61,62)/t9-,10-,12-,13+,14+,15+,16+,17+,18+,19+,20-,21-,22+,23+,24-,25-,26-,27+,28+,29+,30+,31+,32+,33-,34-,35-,36-,37-,38-/m0/s1. The number of carbonyl (C=O) groups excluding carboxylic acids is 1. The Morgan fingerprint density at radius 1 is 0.500 bits per heavy atom. The Balaban J connectivity index is 1.60. The summed E-state index contributed by atoms with van der Waals surface area (Å²) in [5.74, 6) is -1.03. The molecule has 5 aliphatic rings. The predicted molar refractivity (Wildman–Crippen MR) is 231 cm³/mol. The molecule has 19 N–H and O–H groups in total. The summed E-state index contributed by atoms with van der Waals surface area (Å²) in [6.07, 6.45) is -59.2. The number of amides is 1. The Labute approximate surface area is 431 Å². The summed E-state index contributed by atoms with van der Waals surface area (Å²) in [7, 11) is -10.9. The van der Waals surface area contributed by atoms with E-state index in [1.54, 1.807) is 0 Å². The number of hydrogen-bond donors (Lipinski definition) is 19. The molecule has 1 amide bonds. The van der Waals surface area contributed by atoms with Crippen LogP contribution in [0.4, 0.5) is 0 Å². The van der Waals surface area contributed by atoms with Crippen molar-refractivity contribution < 1.29 is 168 Å². The first-order valence-electron chi connectivity index (χ1n) is 23.1. The highest BCUT2D eigenvalue weighted by Crippen LogP contribution is 2.37. The van der Waals surface area contributed by atoms with E-state index in [1.807, 2.05) is 0 Å². The highest BCUT2D eigenvalue weighted by molar-refractivity contribution is 7.81. The summed E-state index contributed by atoms with van der Waals surface area (Å²) >= 11 is 0. The summed E-state index contributed by atoms with van der Waals surface area (Å²) in [6, 6.07) is -2.07. The number of ether oxygens (including phenoxy) is 10. The van der Waals surface area contributed by atoms with Crippen LogP contribution in [-0.2, 0) is 81.3 Å². The molecule has 0 saturated carbocycles. The van der Waals surface area contributed by atoms with Gasteiger partial charge in [-0.05, 0) is 13.8 Å². The van der Waals surface area contributed by atoms with Gasteiger partial charge in [0.2, 0.25) is 5.91 Å². The zero-order valence-corrected chi connectivity index (χ0v) is 41.7. The van der Waals surface area contributed by atoms with Crippen molar-refractivity contribution in [1.29, 1.82) is 0 Å². The lowest BCUT2D eigenvalue weighted by molar-refractivity contribution is -0.389. The van der Waals surface area contributed by atoms with Crippen LogP contribution < -0.4 is 5.32 Å². The Kier molecular flexibility index (Phi) is 23.3. The molecule has 0 unspecified atom stereocenters. The number of aliphatic hydroxyl groups is 16. The summed E-state index contributed by atoms with van der Waals surface area (Å²) in [4.78, 5) is 13.1. The number of aliphatic hydroxyl groups excluding tert-OH is 16. The van der Waals surface area contributed by atoms with Gasteiger partial charge >= 0.3 is 20.8 Å². The van der Waals surface area contributed by atoms with Crippen LogP contribution in [-0.4, -0.2) is 324 Å². The molecule has 5 heterocycles. The van der Waals surface area contributed by atoms with Gasteiger partial charge in [-0.2, -0.15) is 16.8 Å². The van der Waals surface area contributed by atoms with E-state index >= 15 is 0 Å². The molecule has 446 valence electrons. The average molecular weight is 1160 g/mol. The molecule has 0 radical (unpaired) electrons. The van der Waals surface area contributed by atoms with Gasteiger partial charge in [0.25, 0.3) is 0 Å². The molecule has 5 saturated heterocycles. The Morgan fingerprint density at radius 2 is 0.921 bits per heavy atom. The zero-order chi connectivity index (χ0) is 57.0. The normalized spacial score (nSPS) is 44.4. The molecule has 76 heavy (non-hydrogen) atoms. The zero-order valence-electron chi connectivity index (χ0n) is 40.1. The maximum absolute atomic E-state index is 13.1. The molecular formula is C38H67NO35S2. The van der Waals surface area contributed by atoms with Crippen molar-refractivity contribution in [2.75, 3.05) is 33.0 Å². The van der Waals surface area contributed by atoms with Crippen molar-refractivity contribution >= 4 is 26.7 Å². The van der Waals surface area contributed by atoms with E-state index in [-0.39, 0.29) is 0 Å². The second-order valence-electron chi connectivity index (χ2n) is 18.3. The first kappa shape index (κ1) is 65.0. The lowest BCUT2D eigenvalue weighted by Gasteiger charge is -2.51. The molecule has 5 fully saturated rings.